The van der Waals surface area contributed by atoms with Crippen LogP contribution in [-0.2, 0) is 6.54 Å². The van der Waals surface area contributed by atoms with Crippen LogP contribution in [-0.4, -0.2) is 44.3 Å². The molecule has 1 N–H and O–H groups in total. The zero-order valence-corrected chi connectivity index (χ0v) is 14.1. The van der Waals surface area contributed by atoms with Gasteiger partial charge in [-0.2, -0.15) is 0 Å². The first-order chi connectivity index (χ1) is 9.90. The number of hydrogen-bond donors (Lipinski definition) is 1. The molecule has 1 heterocycles. The van der Waals surface area contributed by atoms with Crippen LogP contribution < -0.4 is 14.8 Å². The fraction of sp³-hybridized carbons (Fsp3) is 0.625. The molecule has 21 heavy (non-hydrogen) atoms. The number of likely N-dealkylation sites (N-methyl/N-ethyl adjacent to an activating group) is 1. The second-order valence-electron chi connectivity index (χ2n) is 6.27. The van der Waals surface area contributed by atoms with Gasteiger partial charge in [-0.25, -0.2) is 0 Å². The van der Waals surface area contributed by atoms with E-state index >= 15 is 0 Å². The van der Waals surface area contributed by atoms with E-state index in [0.29, 0.717) is 24.0 Å². The highest BCUT2D eigenvalue weighted by Crippen LogP contribution is 2.37. The molecule has 1 aromatic rings. The molecule has 4 nitrogen and oxygen atoms in total. The third-order valence-electron chi connectivity index (χ3n) is 3.96. The Morgan fingerprint density at radius 3 is 2.67 bits per heavy atom. The summed E-state index contributed by atoms with van der Waals surface area (Å²) in [7, 11) is 4.18. The van der Waals surface area contributed by atoms with Crippen LogP contribution in [0.15, 0.2) is 12.1 Å². The van der Waals surface area contributed by atoms with Crippen LogP contribution in [0.1, 0.15) is 25.8 Å². The molecular formula is C16H25ClN2O2. The molecule has 5 heteroatoms. The van der Waals surface area contributed by atoms with E-state index in [1.165, 1.54) is 0 Å². The normalized spacial score (nSPS) is 15.1. The summed E-state index contributed by atoms with van der Waals surface area (Å²) in [6.45, 7) is 7.40. The smallest absolute Gasteiger partial charge is 0.179 e. The first kappa shape index (κ1) is 16.4. The van der Waals surface area contributed by atoms with Gasteiger partial charge in [-0.1, -0.05) is 11.6 Å². The summed E-state index contributed by atoms with van der Waals surface area (Å²) in [4.78, 5) is 2.21. The molecule has 0 atom stereocenters. The summed E-state index contributed by atoms with van der Waals surface area (Å²) in [5, 5.41) is 4.10. The third kappa shape index (κ3) is 4.25. The summed E-state index contributed by atoms with van der Waals surface area (Å²) in [5.74, 6) is 1.43. The Balaban J connectivity index is 2.01. The van der Waals surface area contributed by atoms with Crippen molar-refractivity contribution in [2.75, 3.05) is 33.9 Å². The van der Waals surface area contributed by atoms with Gasteiger partial charge in [0.05, 0.1) is 18.2 Å². The Morgan fingerprint density at radius 1 is 1.24 bits per heavy atom. The highest BCUT2D eigenvalue weighted by molar-refractivity contribution is 6.32. The van der Waals surface area contributed by atoms with Gasteiger partial charge < -0.3 is 19.7 Å². The standard InChI is InChI=1S/C16H25ClN2O2/c1-16(2,19(3)4)11-18-10-12-8-13(17)15-14(9-12)20-6-5-7-21-15/h8-9,18H,5-7,10-11H2,1-4H3. The van der Waals surface area contributed by atoms with Crippen LogP contribution in [0.25, 0.3) is 0 Å². The quantitative estimate of drug-likeness (QED) is 0.906. The summed E-state index contributed by atoms with van der Waals surface area (Å²) < 4.78 is 11.4. The highest BCUT2D eigenvalue weighted by atomic mass is 35.5. The molecule has 0 unspecified atom stereocenters. The van der Waals surface area contributed by atoms with Crippen LogP contribution in [0.3, 0.4) is 0 Å². The van der Waals surface area contributed by atoms with Gasteiger partial charge in [0.1, 0.15) is 0 Å². The van der Waals surface area contributed by atoms with E-state index in [1.807, 2.05) is 12.1 Å². The predicted molar refractivity (Wildman–Crippen MR) is 86.5 cm³/mol. The van der Waals surface area contributed by atoms with E-state index in [9.17, 15) is 0 Å². The average molecular weight is 313 g/mol. The topological polar surface area (TPSA) is 33.7 Å². The minimum Gasteiger partial charge on any atom is -0.489 e. The second kappa shape index (κ2) is 6.86. The highest BCUT2D eigenvalue weighted by Gasteiger charge is 2.20. The molecule has 0 aliphatic carbocycles. The number of fused-ring (bicyclic) bond motifs is 1. The predicted octanol–water partition coefficient (Wildman–Crippen LogP) is 2.93. The molecule has 0 spiro atoms. The first-order valence-electron chi connectivity index (χ1n) is 7.36. The molecule has 1 aliphatic heterocycles. The van der Waals surface area contributed by atoms with Crippen molar-refractivity contribution >= 4 is 11.6 Å². The Hall–Kier alpha value is -0.970. The van der Waals surface area contributed by atoms with Crippen LogP contribution in [0, 0.1) is 0 Å². The maximum absolute atomic E-state index is 6.30. The Bertz CT molecular complexity index is 489. The van der Waals surface area contributed by atoms with Crippen molar-refractivity contribution in [2.24, 2.45) is 0 Å². The van der Waals surface area contributed by atoms with Gasteiger partial charge in [0.15, 0.2) is 11.5 Å². The summed E-state index contributed by atoms with van der Waals surface area (Å²) in [5.41, 5.74) is 1.22. The number of benzene rings is 1. The van der Waals surface area contributed by atoms with Gasteiger partial charge >= 0.3 is 0 Å². The number of hydrogen-bond acceptors (Lipinski definition) is 4. The largest absolute Gasteiger partial charge is 0.489 e. The number of nitrogens with one attached hydrogen (secondary N) is 1. The van der Waals surface area contributed by atoms with Gasteiger partial charge in [-0.15, -0.1) is 0 Å². The maximum atomic E-state index is 6.30. The Kier molecular flexibility index (Phi) is 5.36. The van der Waals surface area contributed by atoms with E-state index in [-0.39, 0.29) is 5.54 Å². The zero-order valence-electron chi connectivity index (χ0n) is 13.3. The molecule has 0 fully saturated rings. The molecule has 1 aromatic carbocycles. The molecule has 0 radical (unpaired) electrons. The number of ether oxygens (including phenoxy) is 2. The first-order valence-corrected chi connectivity index (χ1v) is 7.74. The van der Waals surface area contributed by atoms with E-state index in [0.717, 1.165) is 30.8 Å². The van der Waals surface area contributed by atoms with E-state index in [1.54, 1.807) is 0 Å². The van der Waals surface area contributed by atoms with Crippen molar-refractivity contribution < 1.29 is 9.47 Å². The van der Waals surface area contributed by atoms with Gasteiger partial charge in [0.2, 0.25) is 0 Å². The second-order valence-corrected chi connectivity index (χ2v) is 6.67. The molecule has 1 aliphatic rings. The number of nitrogens with zero attached hydrogens (tertiary/aromatic N) is 1. The molecule has 0 amide bonds. The molecule has 0 bridgehead atoms. The molecule has 2 rings (SSSR count). The molecule has 0 saturated heterocycles. The molecule has 118 valence electrons. The van der Waals surface area contributed by atoms with Gasteiger partial charge in [-0.3, -0.25) is 0 Å². The van der Waals surface area contributed by atoms with Crippen molar-refractivity contribution in [2.45, 2.75) is 32.4 Å². The van der Waals surface area contributed by atoms with Gasteiger partial charge in [0, 0.05) is 25.0 Å². The molecule has 0 aromatic heterocycles. The average Bonchev–Trinajstić information content (AvgIpc) is 2.64. The monoisotopic (exact) mass is 312 g/mol. The van der Waals surface area contributed by atoms with Gasteiger partial charge in [0.25, 0.3) is 0 Å². The van der Waals surface area contributed by atoms with Crippen LogP contribution in [0.2, 0.25) is 5.02 Å². The SMILES string of the molecule is CN(C)C(C)(C)CNCc1cc(Cl)c2c(c1)OCCCO2. The number of rotatable bonds is 5. The lowest BCUT2D eigenvalue weighted by Gasteiger charge is -2.32. The lowest BCUT2D eigenvalue weighted by Crippen LogP contribution is -2.46. The molecule has 0 saturated carbocycles. The molecular weight excluding hydrogens is 288 g/mol. The van der Waals surface area contributed by atoms with Crippen molar-refractivity contribution in [3.05, 3.63) is 22.7 Å². The van der Waals surface area contributed by atoms with Crippen LogP contribution in [0.5, 0.6) is 11.5 Å². The minimum absolute atomic E-state index is 0.106. The third-order valence-corrected chi connectivity index (χ3v) is 4.24. The van der Waals surface area contributed by atoms with E-state index < -0.39 is 0 Å². The summed E-state index contributed by atoms with van der Waals surface area (Å²) in [6.07, 6.45) is 0.885. The van der Waals surface area contributed by atoms with E-state index in [4.69, 9.17) is 21.1 Å². The van der Waals surface area contributed by atoms with Crippen molar-refractivity contribution in [3.63, 3.8) is 0 Å². The van der Waals surface area contributed by atoms with Crippen molar-refractivity contribution in [1.29, 1.82) is 0 Å². The minimum atomic E-state index is 0.106. The summed E-state index contributed by atoms with van der Waals surface area (Å²) >= 11 is 6.30. The fourth-order valence-electron chi connectivity index (χ4n) is 2.06. The number of halogens is 1. The zero-order chi connectivity index (χ0) is 15.5. The van der Waals surface area contributed by atoms with E-state index in [2.05, 4.69) is 38.2 Å². The lowest BCUT2D eigenvalue weighted by atomic mass is 10.0. The Labute approximate surface area is 132 Å². The lowest BCUT2D eigenvalue weighted by molar-refractivity contribution is 0.189. The fourth-order valence-corrected chi connectivity index (χ4v) is 2.34. The van der Waals surface area contributed by atoms with Crippen LogP contribution >= 0.6 is 11.6 Å². The van der Waals surface area contributed by atoms with Crippen LogP contribution in [0.4, 0.5) is 0 Å². The maximum Gasteiger partial charge on any atom is 0.179 e. The Morgan fingerprint density at radius 2 is 1.95 bits per heavy atom. The van der Waals surface area contributed by atoms with Crippen molar-refractivity contribution in [3.8, 4) is 11.5 Å². The van der Waals surface area contributed by atoms with Crippen molar-refractivity contribution in [1.82, 2.24) is 10.2 Å². The van der Waals surface area contributed by atoms with Gasteiger partial charge in [-0.05, 0) is 45.6 Å². The summed E-state index contributed by atoms with van der Waals surface area (Å²) in [6, 6.07) is 3.97.